The Morgan fingerprint density at radius 2 is 1.83 bits per heavy atom. The van der Waals surface area contributed by atoms with Crippen LogP contribution in [-0.2, 0) is 9.53 Å². The van der Waals surface area contributed by atoms with E-state index >= 15 is 0 Å². The number of nitrogens with one attached hydrogen (secondary N) is 1. The maximum absolute atomic E-state index is 11.3. The molecule has 4 heteroatoms. The van der Waals surface area contributed by atoms with E-state index in [1.807, 2.05) is 0 Å². The fourth-order valence-electron chi connectivity index (χ4n) is 1.62. The van der Waals surface area contributed by atoms with Crippen LogP contribution in [0.1, 0.15) is 45.4 Å². The van der Waals surface area contributed by atoms with Crippen LogP contribution in [-0.4, -0.2) is 51.2 Å². The van der Waals surface area contributed by atoms with Crippen LogP contribution < -0.4 is 5.32 Å². The molecule has 0 aliphatic heterocycles. The third-order valence-corrected chi connectivity index (χ3v) is 2.70. The van der Waals surface area contributed by atoms with E-state index in [4.69, 9.17) is 4.74 Å². The lowest BCUT2D eigenvalue weighted by molar-refractivity contribution is -0.143. The molecule has 0 aromatic carbocycles. The third kappa shape index (κ3) is 13.5. The van der Waals surface area contributed by atoms with Gasteiger partial charge in [-0.1, -0.05) is 19.8 Å². The maximum Gasteiger partial charge on any atom is 0.305 e. The highest BCUT2D eigenvalue weighted by Crippen LogP contribution is 2.00. The zero-order valence-corrected chi connectivity index (χ0v) is 12.3. The summed E-state index contributed by atoms with van der Waals surface area (Å²) in [6, 6.07) is 0. The van der Waals surface area contributed by atoms with Gasteiger partial charge in [0.1, 0.15) is 0 Å². The third-order valence-electron chi connectivity index (χ3n) is 2.70. The Morgan fingerprint density at radius 1 is 1.11 bits per heavy atom. The minimum absolute atomic E-state index is 0.0453. The quantitative estimate of drug-likeness (QED) is 0.430. The fraction of sp³-hybridized carbons (Fsp3) is 0.929. The second kappa shape index (κ2) is 12.8. The molecule has 0 amide bonds. The van der Waals surface area contributed by atoms with Crippen LogP contribution in [0.5, 0.6) is 0 Å². The number of carbonyl (C=O) groups excluding carboxylic acids is 1. The smallest absolute Gasteiger partial charge is 0.305 e. The minimum Gasteiger partial charge on any atom is -0.466 e. The van der Waals surface area contributed by atoms with Crippen molar-refractivity contribution in [2.24, 2.45) is 0 Å². The van der Waals surface area contributed by atoms with E-state index in [9.17, 15) is 4.79 Å². The van der Waals surface area contributed by atoms with Crippen molar-refractivity contribution < 1.29 is 9.53 Å². The largest absolute Gasteiger partial charge is 0.466 e. The van der Waals surface area contributed by atoms with E-state index in [-0.39, 0.29) is 5.97 Å². The summed E-state index contributed by atoms with van der Waals surface area (Å²) < 4.78 is 5.15. The first-order valence-electron chi connectivity index (χ1n) is 7.18. The normalized spacial score (nSPS) is 10.9. The Morgan fingerprint density at radius 3 is 2.50 bits per heavy atom. The molecule has 0 aliphatic rings. The average Bonchev–Trinajstić information content (AvgIpc) is 2.32. The molecular formula is C14H30N2O2. The number of nitrogens with zero attached hydrogens (tertiary/aromatic N) is 1. The molecule has 108 valence electrons. The highest BCUT2D eigenvalue weighted by molar-refractivity contribution is 5.69. The number of esters is 1. The molecule has 0 aromatic heterocycles. The molecule has 0 saturated carbocycles. The monoisotopic (exact) mass is 258 g/mol. The van der Waals surface area contributed by atoms with E-state index in [0.717, 1.165) is 51.7 Å². The molecule has 0 bridgehead atoms. The number of hydrogen-bond donors (Lipinski definition) is 1. The minimum atomic E-state index is -0.0453. The maximum atomic E-state index is 11.3. The molecule has 4 nitrogen and oxygen atoms in total. The summed E-state index contributed by atoms with van der Waals surface area (Å²) in [4.78, 5) is 13.5. The van der Waals surface area contributed by atoms with E-state index < -0.39 is 0 Å². The summed E-state index contributed by atoms with van der Waals surface area (Å²) in [5.74, 6) is -0.0453. The molecule has 0 fully saturated rings. The molecule has 0 aromatic rings. The van der Waals surface area contributed by atoms with Crippen LogP contribution >= 0.6 is 0 Å². The molecule has 0 spiro atoms. The highest BCUT2D eigenvalue weighted by Gasteiger charge is 2.01. The van der Waals surface area contributed by atoms with E-state index in [2.05, 4.69) is 31.2 Å². The number of hydrogen-bond acceptors (Lipinski definition) is 4. The van der Waals surface area contributed by atoms with Gasteiger partial charge in [0, 0.05) is 6.42 Å². The average molecular weight is 258 g/mol. The van der Waals surface area contributed by atoms with Gasteiger partial charge in [0.15, 0.2) is 0 Å². The molecule has 0 atom stereocenters. The Kier molecular flexibility index (Phi) is 12.4. The zero-order valence-electron chi connectivity index (χ0n) is 12.3. The molecule has 0 radical (unpaired) electrons. The van der Waals surface area contributed by atoms with Crippen molar-refractivity contribution in [3.05, 3.63) is 0 Å². The van der Waals surface area contributed by atoms with Gasteiger partial charge in [0.25, 0.3) is 0 Å². The Balaban J connectivity index is 3.12. The van der Waals surface area contributed by atoms with Gasteiger partial charge in [0.05, 0.1) is 6.61 Å². The topological polar surface area (TPSA) is 41.6 Å². The molecule has 0 saturated heterocycles. The number of carbonyl (C=O) groups is 1. The first-order valence-corrected chi connectivity index (χ1v) is 7.18. The predicted octanol–water partition coefficient (Wildman–Crippen LogP) is 2.04. The van der Waals surface area contributed by atoms with Crippen LogP contribution in [0.3, 0.4) is 0 Å². The van der Waals surface area contributed by atoms with Crippen molar-refractivity contribution in [3.63, 3.8) is 0 Å². The number of ether oxygens (including phenoxy) is 1. The zero-order chi connectivity index (χ0) is 13.6. The lowest BCUT2D eigenvalue weighted by Gasteiger charge is -2.09. The summed E-state index contributed by atoms with van der Waals surface area (Å²) in [6.07, 6.45) is 5.85. The van der Waals surface area contributed by atoms with Crippen molar-refractivity contribution in [3.8, 4) is 0 Å². The van der Waals surface area contributed by atoms with Gasteiger partial charge in [-0.15, -0.1) is 0 Å². The van der Waals surface area contributed by atoms with Crippen molar-refractivity contribution in [1.29, 1.82) is 0 Å². The van der Waals surface area contributed by atoms with E-state index in [0.29, 0.717) is 13.0 Å². The summed E-state index contributed by atoms with van der Waals surface area (Å²) in [5.41, 5.74) is 0. The fourth-order valence-corrected chi connectivity index (χ4v) is 1.62. The molecule has 0 unspecified atom stereocenters. The standard InChI is InChI=1S/C14H30N2O2/c1-4-5-6-9-14(17)18-13-8-11-15-10-7-12-16(2)3/h15H,4-13H2,1-3H3. The summed E-state index contributed by atoms with van der Waals surface area (Å²) in [5, 5.41) is 3.35. The molecular weight excluding hydrogens is 228 g/mol. The molecule has 0 aliphatic carbocycles. The molecule has 0 heterocycles. The van der Waals surface area contributed by atoms with Gasteiger partial charge >= 0.3 is 5.97 Å². The molecule has 1 N–H and O–H groups in total. The van der Waals surface area contributed by atoms with Gasteiger partial charge in [-0.2, -0.15) is 0 Å². The summed E-state index contributed by atoms with van der Waals surface area (Å²) >= 11 is 0. The van der Waals surface area contributed by atoms with E-state index in [1.165, 1.54) is 0 Å². The number of rotatable bonds is 12. The van der Waals surface area contributed by atoms with Crippen LogP contribution in [0.25, 0.3) is 0 Å². The Bertz CT molecular complexity index is 196. The Hall–Kier alpha value is -0.610. The van der Waals surface area contributed by atoms with Gasteiger partial charge in [-0.05, 0) is 53.0 Å². The first-order chi connectivity index (χ1) is 8.66. The van der Waals surface area contributed by atoms with Crippen LogP contribution in [0.4, 0.5) is 0 Å². The Labute approximate surface area is 112 Å². The second-order valence-electron chi connectivity index (χ2n) is 4.94. The highest BCUT2D eigenvalue weighted by atomic mass is 16.5. The number of unbranched alkanes of at least 4 members (excludes halogenated alkanes) is 2. The molecule has 0 rings (SSSR count). The second-order valence-corrected chi connectivity index (χ2v) is 4.94. The predicted molar refractivity (Wildman–Crippen MR) is 75.8 cm³/mol. The van der Waals surface area contributed by atoms with Gasteiger partial charge in [-0.25, -0.2) is 0 Å². The van der Waals surface area contributed by atoms with Crippen molar-refractivity contribution in [2.45, 2.75) is 45.4 Å². The van der Waals surface area contributed by atoms with Gasteiger partial charge in [-0.3, -0.25) is 4.79 Å². The van der Waals surface area contributed by atoms with Gasteiger partial charge in [0.2, 0.25) is 0 Å². The van der Waals surface area contributed by atoms with Crippen LogP contribution in [0.2, 0.25) is 0 Å². The molecule has 18 heavy (non-hydrogen) atoms. The van der Waals surface area contributed by atoms with Crippen molar-refractivity contribution in [2.75, 3.05) is 40.3 Å². The van der Waals surface area contributed by atoms with Crippen molar-refractivity contribution in [1.82, 2.24) is 10.2 Å². The van der Waals surface area contributed by atoms with E-state index in [1.54, 1.807) is 0 Å². The van der Waals surface area contributed by atoms with Crippen LogP contribution in [0, 0.1) is 0 Å². The van der Waals surface area contributed by atoms with Crippen LogP contribution in [0.15, 0.2) is 0 Å². The first kappa shape index (κ1) is 17.4. The lowest BCUT2D eigenvalue weighted by Crippen LogP contribution is -2.23. The van der Waals surface area contributed by atoms with Crippen molar-refractivity contribution >= 4 is 5.97 Å². The lowest BCUT2D eigenvalue weighted by atomic mass is 10.2. The SMILES string of the molecule is CCCCCC(=O)OCCCNCCCN(C)C. The summed E-state index contributed by atoms with van der Waals surface area (Å²) in [7, 11) is 4.16. The van der Waals surface area contributed by atoms with Gasteiger partial charge < -0.3 is 15.0 Å². The summed E-state index contributed by atoms with van der Waals surface area (Å²) in [6.45, 7) is 5.75.